The molecule has 18 heavy (non-hydrogen) atoms. The van der Waals surface area contributed by atoms with Gasteiger partial charge in [-0.2, -0.15) is 0 Å². The molecule has 0 saturated heterocycles. The summed E-state index contributed by atoms with van der Waals surface area (Å²) in [6.45, 7) is 2.38. The summed E-state index contributed by atoms with van der Waals surface area (Å²) in [5.41, 5.74) is 7.92. The summed E-state index contributed by atoms with van der Waals surface area (Å²) in [6, 6.07) is 7.60. The van der Waals surface area contributed by atoms with Gasteiger partial charge in [-0.05, 0) is 24.0 Å². The molecule has 1 unspecified atom stereocenters. The maximum Gasteiger partial charge on any atom is 0.239 e. The van der Waals surface area contributed by atoms with E-state index < -0.39 is 6.04 Å². The van der Waals surface area contributed by atoms with Gasteiger partial charge in [0, 0.05) is 6.54 Å². The average Bonchev–Trinajstić information content (AvgIpc) is 2.40. The molecule has 100 valence electrons. The van der Waals surface area contributed by atoms with Crippen molar-refractivity contribution in [1.29, 1.82) is 0 Å². The van der Waals surface area contributed by atoms with Crippen LogP contribution in [0.2, 0.25) is 0 Å². The van der Waals surface area contributed by atoms with Crippen LogP contribution in [-0.2, 0) is 17.6 Å². The zero-order valence-corrected chi connectivity index (χ0v) is 10.9. The van der Waals surface area contributed by atoms with Gasteiger partial charge in [-0.3, -0.25) is 4.79 Å². The number of hydrogen-bond acceptors (Lipinski definition) is 3. The third-order valence-corrected chi connectivity index (χ3v) is 2.81. The molecule has 0 bridgehead atoms. The largest absolute Gasteiger partial charge is 0.394 e. The van der Waals surface area contributed by atoms with Gasteiger partial charge in [-0.25, -0.2) is 0 Å². The maximum absolute atomic E-state index is 11.3. The Hall–Kier alpha value is -1.39. The second kappa shape index (κ2) is 7.84. The number of aliphatic hydroxyl groups excluding tert-OH is 1. The van der Waals surface area contributed by atoms with Gasteiger partial charge < -0.3 is 16.2 Å². The SMILES string of the molecule is CCCc1ccc(CCNC(=O)C(N)CO)cc1. The minimum absolute atomic E-state index is 0.305. The van der Waals surface area contributed by atoms with Crippen LogP contribution in [0, 0.1) is 0 Å². The van der Waals surface area contributed by atoms with Crippen LogP contribution in [0.3, 0.4) is 0 Å². The van der Waals surface area contributed by atoms with E-state index in [1.807, 2.05) is 0 Å². The van der Waals surface area contributed by atoms with Gasteiger partial charge >= 0.3 is 0 Å². The van der Waals surface area contributed by atoms with E-state index in [9.17, 15) is 4.79 Å². The van der Waals surface area contributed by atoms with Crippen molar-refractivity contribution in [3.63, 3.8) is 0 Å². The standard InChI is InChI=1S/C14H22N2O2/c1-2-3-11-4-6-12(7-5-11)8-9-16-14(18)13(15)10-17/h4-7,13,17H,2-3,8-10,15H2,1H3,(H,16,18). The number of nitrogens with one attached hydrogen (secondary N) is 1. The number of amides is 1. The van der Waals surface area contributed by atoms with E-state index in [0.29, 0.717) is 6.54 Å². The first kappa shape index (κ1) is 14.7. The molecule has 4 N–H and O–H groups in total. The number of rotatable bonds is 7. The summed E-state index contributed by atoms with van der Waals surface area (Å²) in [7, 11) is 0. The molecule has 1 atom stereocenters. The van der Waals surface area contributed by atoms with Crippen molar-refractivity contribution < 1.29 is 9.90 Å². The van der Waals surface area contributed by atoms with Crippen molar-refractivity contribution >= 4 is 5.91 Å². The molecule has 0 aliphatic carbocycles. The third kappa shape index (κ3) is 4.85. The van der Waals surface area contributed by atoms with Crippen molar-refractivity contribution in [2.45, 2.75) is 32.2 Å². The van der Waals surface area contributed by atoms with Crippen LogP contribution in [0.25, 0.3) is 0 Å². The summed E-state index contributed by atoms with van der Waals surface area (Å²) in [5, 5.41) is 11.4. The van der Waals surface area contributed by atoms with E-state index in [2.05, 4.69) is 36.5 Å². The van der Waals surface area contributed by atoms with E-state index in [4.69, 9.17) is 10.8 Å². The highest BCUT2D eigenvalue weighted by molar-refractivity contribution is 5.81. The molecule has 0 spiro atoms. The summed E-state index contributed by atoms with van der Waals surface area (Å²) in [6.07, 6.45) is 3.02. The molecule has 0 saturated carbocycles. The summed E-state index contributed by atoms with van der Waals surface area (Å²) in [5.74, 6) is -0.305. The van der Waals surface area contributed by atoms with Gasteiger partial charge in [0.15, 0.2) is 0 Å². The third-order valence-electron chi connectivity index (χ3n) is 2.81. The smallest absolute Gasteiger partial charge is 0.239 e. The van der Waals surface area contributed by atoms with Crippen LogP contribution < -0.4 is 11.1 Å². The van der Waals surface area contributed by atoms with Crippen molar-refractivity contribution in [3.05, 3.63) is 35.4 Å². The first-order valence-electron chi connectivity index (χ1n) is 6.39. The van der Waals surface area contributed by atoms with Gasteiger partial charge in [-0.15, -0.1) is 0 Å². The molecule has 0 fully saturated rings. The second-order valence-electron chi connectivity index (χ2n) is 4.40. The summed E-state index contributed by atoms with van der Waals surface area (Å²) >= 11 is 0. The Labute approximate surface area is 108 Å². The molecule has 1 amide bonds. The first-order chi connectivity index (χ1) is 8.67. The van der Waals surface area contributed by atoms with E-state index in [-0.39, 0.29) is 12.5 Å². The van der Waals surface area contributed by atoms with Crippen LogP contribution in [-0.4, -0.2) is 30.2 Å². The average molecular weight is 250 g/mol. The molecule has 0 radical (unpaired) electrons. The predicted molar refractivity (Wildman–Crippen MR) is 72.2 cm³/mol. The fraction of sp³-hybridized carbons (Fsp3) is 0.500. The molecule has 4 nitrogen and oxygen atoms in total. The molecule has 0 aliphatic rings. The van der Waals surface area contributed by atoms with Crippen LogP contribution >= 0.6 is 0 Å². The van der Waals surface area contributed by atoms with Crippen molar-refractivity contribution in [2.24, 2.45) is 5.73 Å². The Bertz CT molecular complexity index is 363. The lowest BCUT2D eigenvalue weighted by Gasteiger charge is -2.09. The molecular formula is C14H22N2O2. The molecule has 0 heterocycles. The Kier molecular flexibility index (Phi) is 6.39. The topological polar surface area (TPSA) is 75.4 Å². The molecule has 1 rings (SSSR count). The Morgan fingerprint density at radius 3 is 2.33 bits per heavy atom. The fourth-order valence-electron chi connectivity index (χ4n) is 1.71. The molecule has 4 heteroatoms. The van der Waals surface area contributed by atoms with Gasteiger partial charge in [0.2, 0.25) is 5.91 Å². The number of aryl methyl sites for hydroxylation is 1. The monoisotopic (exact) mass is 250 g/mol. The second-order valence-corrected chi connectivity index (χ2v) is 4.40. The highest BCUT2D eigenvalue weighted by Crippen LogP contribution is 2.06. The molecular weight excluding hydrogens is 228 g/mol. The lowest BCUT2D eigenvalue weighted by molar-refractivity contribution is -0.123. The quantitative estimate of drug-likeness (QED) is 0.664. The Balaban J connectivity index is 2.33. The first-order valence-corrected chi connectivity index (χ1v) is 6.39. The van der Waals surface area contributed by atoms with Crippen LogP contribution in [0.1, 0.15) is 24.5 Å². The van der Waals surface area contributed by atoms with Crippen LogP contribution in [0.4, 0.5) is 0 Å². The van der Waals surface area contributed by atoms with Gasteiger partial charge in [0.25, 0.3) is 0 Å². The van der Waals surface area contributed by atoms with Gasteiger partial charge in [0.05, 0.1) is 6.61 Å². The Morgan fingerprint density at radius 2 is 1.83 bits per heavy atom. The van der Waals surface area contributed by atoms with Crippen molar-refractivity contribution in [2.75, 3.05) is 13.2 Å². The number of carbonyl (C=O) groups is 1. The van der Waals surface area contributed by atoms with E-state index >= 15 is 0 Å². The maximum atomic E-state index is 11.3. The number of aliphatic hydroxyl groups is 1. The normalized spacial score (nSPS) is 12.2. The minimum atomic E-state index is -0.822. The van der Waals surface area contributed by atoms with E-state index in [1.54, 1.807) is 0 Å². The minimum Gasteiger partial charge on any atom is -0.394 e. The van der Waals surface area contributed by atoms with Crippen LogP contribution in [0.5, 0.6) is 0 Å². The lowest BCUT2D eigenvalue weighted by atomic mass is 10.1. The molecule has 1 aromatic carbocycles. The zero-order chi connectivity index (χ0) is 13.4. The molecule has 0 aliphatic heterocycles. The lowest BCUT2D eigenvalue weighted by Crippen LogP contribution is -2.43. The van der Waals surface area contributed by atoms with Gasteiger partial charge in [0.1, 0.15) is 6.04 Å². The van der Waals surface area contributed by atoms with Gasteiger partial charge in [-0.1, -0.05) is 37.6 Å². The number of benzene rings is 1. The highest BCUT2D eigenvalue weighted by Gasteiger charge is 2.10. The van der Waals surface area contributed by atoms with Crippen molar-refractivity contribution in [3.8, 4) is 0 Å². The Morgan fingerprint density at radius 1 is 1.28 bits per heavy atom. The molecule has 0 aromatic heterocycles. The summed E-state index contributed by atoms with van der Waals surface area (Å²) < 4.78 is 0. The predicted octanol–water partition coefficient (Wildman–Crippen LogP) is 0.617. The van der Waals surface area contributed by atoms with Crippen LogP contribution in [0.15, 0.2) is 24.3 Å². The number of nitrogens with two attached hydrogens (primary N) is 1. The van der Waals surface area contributed by atoms with E-state index in [1.165, 1.54) is 11.1 Å². The number of hydrogen-bond donors (Lipinski definition) is 3. The number of carbonyl (C=O) groups excluding carboxylic acids is 1. The molecule has 1 aromatic rings. The highest BCUT2D eigenvalue weighted by atomic mass is 16.3. The van der Waals surface area contributed by atoms with Crippen molar-refractivity contribution in [1.82, 2.24) is 5.32 Å². The fourth-order valence-corrected chi connectivity index (χ4v) is 1.71. The van der Waals surface area contributed by atoms with E-state index in [0.717, 1.165) is 19.3 Å². The zero-order valence-electron chi connectivity index (χ0n) is 10.9. The summed E-state index contributed by atoms with van der Waals surface area (Å²) in [4.78, 5) is 11.3.